The summed E-state index contributed by atoms with van der Waals surface area (Å²) in [5.41, 5.74) is 14.4. The zero-order valence-electron chi connectivity index (χ0n) is 16.6. The van der Waals surface area contributed by atoms with E-state index in [0.717, 1.165) is 5.57 Å². The molecule has 0 saturated carbocycles. The van der Waals surface area contributed by atoms with Crippen LogP contribution in [0.25, 0.3) is 16.7 Å². The normalized spacial score (nSPS) is 12.3. The van der Waals surface area contributed by atoms with E-state index in [1.165, 1.54) is 27.8 Å². The zero-order chi connectivity index (χ0) is 18.9. The van der Waals surface area contributed by atoms with Crippen molar-refractivity contribution < 1.29 is 0 Å². The van der Waals surface area contributed by atoms with Crippen molar-refractivity contribution in [1.82, 2.24) is 0 Å². The molecule has 0 N–H and O–H groups in total. The zero-order valence-corrected chi connectivity index (χ0v) is 18.6. The molecular weight excluding hydrogens is 344 g/mol. The molecule has 0 unspecified atom stereocenters. The van der Waals surface area contributed by atoms with Crippen LogP contribution in [0.1, 0.15) is 11.1 Å². The quantitative estimate of drug-likeness (QED) is 0.325. The lowest BCUT2D eigenvalue weighted by atomic mass is 9.99. The molecule has 2 aromatic carbocycles. The Morgan fingerprint density at radius 1 is 0.577 bits per heavy atom. The van der Waals surface area contributed by atoms with Crippen LogP contribution < -0.4 is 0 Å². The van der Waals surface area contributed by atoms with Crippen molar-refractivity contribution in [3.63, 3.8) is 0 Å². The molecular formula is C24H26Si2. The topological polar surface area (TPSA) is 0 Å². The second kappa shape index (κ2) is 6.80. The number of benzene rings is 2. The van der Waals surface area contributed by atoms with Gasteiger partial charge < -0.3 is 0 Å². The van der Waals surface area contributed by atoms with Gasteiger partial charge >= 0.3 is 0 Å². The van der Waals surface area contributed by atoms with E-state index in [-0.39, 0.29) is 0 Å². The van der Waals surface area contributed by atoms with Crippen molar-refractivity contribution >= 4 is 21.7 Å². The van der Waals surface area contributed by atoms with E-state index in [1.807, 2.05) is 0 Å². The fourth-order valence-corrected chi connectivity index (χ4v) is 3.94. The third-order valence-corrected chi connectivity index (χ3v) is 5.81. The van der Waals surface area contributed by atoms with Crippen LogP contribution in [0.2, 0.25) is 39.3 Å². The van der Waals surface area contributed by atoms with E-state index >= 15 is 0 Å². The van der Waals surface area contributed by atoms with Crippen molar-refractivity contribution in [2.24, 2.45) is 0 Å². The first-order chi connectivity index (χ1) is 12.2. The van der Waals surface area contributed by atoms with Crippen LogP contribution in [0.4, 0.5) is 0 Å². The Morgan fingerprint density at radius 3 is 1.27 bits per heavy atom. The molecule has 0 radical (unpaired) electrons. The number of rotatable bonds is 0. The highest BCUT2D eigenvalue weighted by atomic mass is 28.3. The number of allylic oxidation sites excluding steroid dienone is 1. The molecule has 2 heteroatoms. The second-order valence-electron chi connectivity index (χ2n) is 8.84. The van der Waals surface area contributed by atoms with Gasteiger partial charge in [0.25, 0.3) is 0 Å². The summed E-state index contributed by atoms with van der Waals surface area (Å²) >= 11 is 0. The SMILES string of the molecule is C[Si](C)(C)C#CC(C#C[Si](C)(C)C)=C1c2ccccc2-c2ccccc21. The van der Waals surface area contributed by atoms with Gasteiger partial charge in [0.15, 0.2) is 0 Å². The molecule has 0 fully saturated rings. The number of fused-ring (bicyclic) bond motifs is 3. The molecule has 130 valence electrons. The van der Waals surface area contributed by atoms with Crippen LogP contribution in [-0.2, 0) is 0 Å². The summed E-state index contributed by atoms with van der Waals surface area (Å²) in [5.74, 6) is 6.99. The van der Waals surface area contributed by atoms with Crippen LogP contribution in [0.15, 0.2) is 54.1 Å². The van der Waals surface area contributed by atoms with Crippen LogP contribution >= 0.6 is 0 Å². The van der Waals surface area contributed by atoms with Gasteiger partial charge in [-0.3, -0.25) is 0 Å². The summed E-state index contributed by atoms with van der Waals surface area (Å²) in [6.45, 7) is 13.7. The van der Waals surface area contributed by atoms with E-state index in [0.29, 0.717) is 0 Å². The van der Waals surface area contributed by atoms with Crippen molar-refractivity contribution in [2.75, 3.05) is 0 Å². The van der Waals surface area contributed by atoms with Crippen LogP contribution in [0.5, 0.6) is 0 Å². The predicted molar refractivity (Wildman–Crippen MR) is 120 cm³/mol. The average Bonchev–Trinajstić information content (AvgIpc) is 2.88. The van der Waals surface area contributed by atoms with Crippen molar-refractivity contribution in [3.8, 4) is 34.1 Å². The molecule has 1 aliphatic rings. The first-order valence-corrected chi connectivity index (χ1v) is 16.2. The molecule has 2 aromatic rings. The van der Waals surface area contributed by atoms with Gasteiger partial charge in [-0.2, -0.15) is 0 Å². The van der Waals surface area contributed by atoms with E-state index in [2.05, 4.69) is 111 Å². The Morgan fingerprint density at radius 2 is 0.923 bits per heavy atom. The highest BCUT2D eigenvalue weighted by Crippen LogP contribution is 2.45. The maximum atomic E-state index is 3.54. The third kappa shape index (κ3) is 4.10. The molecule has 0 heterocycles. The van der Waals surface area contributed by atoms with Gasteiger partial charge in [0.2, 0.25) is 0 Å². The minimum atomic E-state index is -1.48. The summed E-state index contributed by atoms with van der Waals surface area (Å²) in [5, 5.41) is 0. The van der Waals surface area contributed by atoms with Gasteiger partial charge in [-0.1, -0.05) is 99.7 Å². The Labute approximate surface area is 160 Å². The first-order valence-electron chi connectivity index (χ1n) is 9.15. The minimum absolute atomic E-state index is 0.993. The van der Waals surface area contributed by atoms with E-state index in [1.54, 1.807) is 0 Å². The fourth-order valence-electron chi connectivity index (χ4n) is 2.94. The van der Waals surface area contributed by atoms with Crippen molar-refractivity contribution in [3.05, 3.63) is 65.2 Å². The molecule has 1 aliphatic carbocycles. The van der Waals surface area contributed by atoms with E-state index < -0.39 is 16.1 Å². The van der Waals surface area contributed by atoms with Gasteiger partial charge in [-0.05, 0) is 22.3 Å². The molecule has 0 spiro atoms. The van der Waals surface area contributed by atoms with Crippen molar-refractivity contribution in [2.45, 2.75) is 39.3 Å². The van der Waals surface area contributed by atoms with Gasteiger partial charge in [-0.15, -0.1) is 11.1 Å². The molecule has 0 amide bonds. The highest BCUT2D eigenvalue weighted by Gasteiger charge is 2.25. The smallest absolute Gasteiger partial charge is 0.126 e. The number of hydrogen-bond acceptors (Lipinski definition) is 0. The summed E-state index contributed by atoms with van der Waals surface area (Å²) in [6.07, 6.45) is 0. The number of hydrogen-bond donors (Lipinski definition) is 0. The monoisotopic (exact) mass is 370 g/mol. The molecule has 0 aromatic heterocycles. The molecule has 0 aliphatic heterocycles. The largest absolute Gasteiger partial charge is 0.129 e. The molecule has 0 nitrogen and oxygen atoms in total. The highest BCUT2D eigenvalue weighted by molar-refractivity contribution is 6.84. The molecule has 26 heavy (non-hydrogen) atoms. The Kier molecular flexibility index (Phi) is 4.85. The summed E-state index contributed by atoms with van der Waals surface area (Å²) < 4.78 is 0. The predicted octanol–water partition coefficient (Wildman–Crippen LogP) is 6.23. The average molecular weight is 371 g/mol. The van der Waals surface area contributed by atoms with E-state index in [4.69, 9.17) is 0 Å². The maximum absolute atomic E-state index is 3.54. The third-order valence-electron chi connectivity index (χ3n) is 4.06. The van der Waals surface area contributed by atoms with Crippen LogP contribution in [0.3, 0.4) is 0 Å². The lowest BCUT2D eigenvalue weighted by Gasteiger charge is -2.08. The maximum Gasteiger partial charge on any atom is 0.129 e. The van der Waals surface area contributed by atoms with Gasteiger partial charge in [0, 0.05) is 5.57 Å². The lowest BCUT2D eigenvalue weighted by molar-refractivity contribution is 1.65. The molecule has 0 bridgehead atoms. The minimum Gasteiger partial charge on any atom is -0.126 e. The lowest BCUT2D eigenvalue weighted by Crippen LogP contribution is -2.17. The summed E-state index contributed by atoms with van der Waals surface area (Å²) in [6, 6.07) is 17.3. The Bertz CT molecular complexity index is 923. The van der Waals surface area contributed by atoms with Gasteiger partial charge in [0.1, 0.15) is 16.1 Å². The summed E-state index contributed by atoms with van der Waals surface area (Å²) in [7, 11) is -2.96. The standard InChI is InChI=1S/C24H26Si2/c1-25(2,3)17-15-19(16-18-26(4,5)6)24-22-13-9-7-11-20(22)21-12-8-10-14-23(21)24/h7-14H,1-6H3. The second-order valence-corrected chi connectivity index (χ2v) is 18.3. The molecule has 0 saturated heterocycles. The van der Waals surface area contributed by atoms with Gasteiger partial charge in [0.05, 0.1) is 5.57 Å². The fraction of sp³-hybridized carbons (Fsp3) is 0.250. The van der Waals surface area contributed by atoms with E-state index in [9.17, 15) is 0 Å². The molecule has 0 atom stereocenters. The summed E-state index contributed by atoms with van der Waals surface area (Å²) in [4.78, 5) is 0. The van der Waals surface area contributed by atoms with Crippen LogP contribution in [0, 0.1) is 22.9 Å². The molecule has 3 rings (SSSR count). The van der Waals surface area contributed by atoms with Crippen molar-refractivity contribution in [1.29, 1.82) is 0 Å². The van der Waals surface area contributed by atoms with Crippen LogP contribution in [-0.4, -0.2) is 16.1 Å². The Hall–Kier alpha value is -2.27. The first kappa shape index (κ1) is 18.5. The Balaban J connectivity index is 2.34. The van der Waals surface area contributed by atoms with Gasteiger partial charge in [-0.25, -0.2) is 0 Å².